The van der Waals surface area contributed by atoms with Crippen LogP contribution >= 0.6 is 0 Å². The van der Waals surface area contributed by atoms with Crippen molar-refractivity contribution < 1.29 is 9.52 Å². The molecule has 2 aromatic heterocycles. The lowest BCUT2D eigenvalue weighted by molar-refractivity contribution is 0.199. The number of aromatic nitrogens is 1. The van der Waals surface area contributed by atoms with E-state index in [1.807, 2.05) is 25.1 Å². The van der Waals surface area contributed by atoms with E-state index >= 15 is 0 Å². The highest BCUT2D eigenvalue weighted by Crippen LogP contribution is 2.29. The lowest BCUT2D eigenvalue weighted by Gasteiger charge is -2.10. The molecule has 1 atom stereocenters. The Bertz CT molecular complexity index is 579. The maximum atomic E-state index is 9.70. The predicted molar refractivity (Wildman–Crippen MR) is 62.0 cm³/mol. The summed E-state index contributed by atoms with van der Waals surface area (Å²) in [5.41, 5.74) is 2.74. The summed E-state index contributed by atoms with van der Waals surface area (Å²) in [5.74, 6) is 0.213. The fraction of sp³-hybridized carbons (Fsp3) is 0.231. The zero-order valence-electron chi connectivity index (χ0n) is 9.64. The van der Waals surface area contributed by atoms with Crippen LogP contribution in [0.15, 0.2) is 28.9 Å². The molecule has 4 heteroatoms. The van der Waals surface area contributed by atoms with Crippen LogP contribution in [0.5, 0.6) is 0 Å². The minimum absolute atomic E-state index is 0.213. The molecular formula is C13H12N2O2. The maximum absolute atomic E-state index is 9.70. The molecule has 0 saturated heterocycles. The highest BCUT2D eigenvalue weighted by Gasteiger charge is 2.16. The van der Waals surface area contributed by atoms with Crippen LogP contribution in [0, 0.1) is 18.3 Å². The molecule has 0 saturated carbocycles. The van der Waals surface area contributed by atoms with E-state index < -0.39 is 6.10 Å². The van der Waals surface area contributed by atoms with Crippen molar-refractivity contribution in [1.82, 2.24) is 4.98 Å². The molecule has 0 aliphatic rings. The van der Waals surface area contributed by atoms with E-state index in [4.69, 9.17) is 9.68 Å². The normalized spacial score (nSPS) is 12.1. The van der Waals surface area contributed by atoms with Crippen molar-refractivity contribution in [2.45, 2.75) is 20.0 Å². The van der Waals surface area contributed by atoms with Gasteiger partial charge in [0.05, 0.1) is 23.6 Å². The number of aliphatic hydroxyl groups is 1. The van der Waals surface area contributed by atoms with Gasteiger partial charge in [-0.3, -0.25) is 4.98 Å². The lowest BCUT2D eigenvalue weighted by Crippen LogP contribution is -1.99. The first-order valence-corrected chi connectivity index (χ1v) is 5.27. The van der Waals surface area contributed by atoms with E-state index in [0.717, 1.165) is 5.69 Å². The standard InChI is InChI=1S/C13H12N2O2/c1-8-3-4-10(9(2)16)13(15-8)11-5-6-17-12(11)7-14/h3-6,9,16H,1-2H3. The number of aryl methyl sites for hydroxylation is 1. The first-order valence-electron chi connectivity index (χ1n) is 5.27. The number of nitrogens with zero attached hydrogens (tertiary/aromatic N) is 2. The fourth-order valence-electron chi connectivity index (χ4n) is 1.70. The zero-order chi connectivity index (χ0) is 12.4. The third kappa shape index (κ3) is 2.05. The third-order valence-corrected chi connectivity index (χ3v) is 2.54. The summed E-state index contributed by atoms with van der Waals surface area (Å²) in [6.07, 6.45) is 0.809. The van der Waals surface area contributed by atoms with Crippen LogP contribution in [0.2, 0.25) is 0 Å². The second-order valence-electron chi connectivity index (χ2n) is 3.84. The Kier molecular flexibility index (Phi) is 2.94. The first kappa shape index (κ1) is 11.4. The average Bonchev–Trinajstić information content (AvgIpc) is 2.76. The Labute approximate surface area is 99.1 Å². The van der Waals surface area contributed by atoms with Crippen LogP contribution < -0.4 is 0 Å². The van der Waals surface area contributed by atoms with E-state index in [2.05, 4.69) is 4.98 Å². The van der Waals surface area contributed by atoms with Gasteiger partial charge in [-0.1, -0.05) is 6.07 Å². The van der Waals surface area contributed by atoms with E-state index in [-0.39, 0.29) is 5.76 Å². The maximum Gasteiger partial charge on any atom is 0.212 e. The highest BCUT2D eigenvalue weighted by atomic mass is 16.3. The van der Waals surface area contributed by atoms with Crippen molar-refractivity contribution in [3.63, 3.8) is 0 Å². The van der Waals surface area contributed by atoms with Crippen molar-refractivity contribution >= 4 is 0 Å². The largest absolute Gasteiger partial charge is 0.453 e. The molecule has 0 aliphatic carbocycles. The summed E-state index contributed by atoms with van der Waals surface area (Å²) in [6.45, 7) is 3.53. The van der Waals surface area contributed by atoms with Crippen LogP contribution in [0.1, 0.15) is 30.0 Å². The van der Waals surface area contributed by atoms with Crippen molar-refractivity contribution in [2.75, 3.05) is 0 Å². The number of hydrogen-bond donors (Lipinski definition) is 1. The van der Waals surface area contributed by atoms with Gasteiger partial charge in [-0.25, -0.2) is 0 Å². The molecule has 1 unspecified atom stereocenters. The second-order valence-corrected chi connectivity index (χ2v) is 3.84. The van der Waals surface area contributed by atoms with Crippen LogP contribution in [0.25, 0.3) is 11.3 Å². The molecule has 0 bridgehead atoms. The third-order valence-electron chi connectivity index (χ3n) is 2.54. The van der Waals surface area contributed by atoms with Crippen LogP contribution in [0.4, 0.5) is 0 Å². The average molecular weight is 228 g/mol. The van der Waals surface area contributed by atoms with Gasteiger partial charge in [-0.15, -0.1) is 0 Å². The summed E-state index contributed by atoms with van der Waals surface area (Å²) in [7, 11) is 0. The van der Waals surface area contributed by atoms with Crippen molar-refractivity contribution in [3.05, 3.63) is 41.5 Å². The van der Waals surface area contributed by atoms with Crippen LogP contribution in [-0.4, -0.2) is 10.1 Å². The van der Waals surface area contributed by atoms with E-state index in [9.17, 15) is 5.11 Å². The molecule has 1 N–H and O–H groups in total. The molecule has 0 aromatic carbocycles. The van der Waals surface area contributed by atoms with Gasteiger partial charge in [-0.05, 0) is 26.0 Å². The molecule has 0 radical (unpaired) electrons. The monoisotopic (exact) mass is 228 g/mol. The van der Waals surface area contributed by atoms with E-state index in [1.54, 1.807) is 13.0 Å². The Balaban J connectivity index is 2.66. The fourth-order valence-corrected chi connectivity index (χ4v) is 1.70. The summed E-state index contributed by atoms with van der Waals surface area (Å²) in [5, 5.41) is 18.6. The van der Waals surface area contributed by atoms with Gasteiger partial charge in [-0.2, -0.15) is 5.26 Å². The number of aliphatic hydroxyl groups excluding tert-OH is 1. The summed E-state index contributed by atoms with van der Waals surface area (Å²) < 4.78 is 5.06. The minimum atomic E-state index is -0.639. The predicted octanol–water partition coefficient (Wildman–Crippen LogP) is 2.58. The molecular weight excluding hydrogens is 216 g/mol. The minimum Gasteiger partial charge on any atom is -0.453 e. The topological polar surface area (TPSA) is 70.1 Å². The number of rotatable bonds is 2. The Hall–Kier alpha value is -2.12. The van der Waals surface area contributed by atoms with Gasteiger partial charge < -0.3 is 9.52 Å². The van der Waals surface area contributed by atoms with Gasteiger partial charge in [0.25, 0.3) is 0 Å². The van der Waals surface area contributed by atoms with Gasteiger partial charge in [0.1, 0.15) is 6.07 Å². The van der Waals surface area contributed by atoms with Crippen molar-refractivity contribution in [2.24, 2.45) is 0 Å². The Morgan fingerprint density at radius 1 is 1.41 bits per heavy atom. The molecule has 86 valence electrons. The summed E-state index contributed by atoms with van der Waals surface area (Å²) >= 11 is 0. The molecule has 0 amide bonds. The summed E-state index contributed by atoms with van der Waals surface area (Å²) in [4.78, 5) is 4.37. The zero-order valence-corrected chi connectivity index (χ0v) is 9.64. The van der Waals surface area contributed by atoms with Crippen molar-refractivity contribution in [1.29, 1.82) is 5.26 Å². The Morgan fingerprint density at radius 3 is 2.82 bits per heavy atom. The molecule has 2 heterocycles. The summed E-state index contributed by atoms with van der Waals surface area (Å²) in [6, 6.07) is 7.31. The molecule has 2 aromatic rings. The number of nitriles is 1. The quantitative estimate of drug-likeness (QED) is 0.857. The van der Waals surface area contributed by atoms with Crippen LogP contribution in [-0.2, 0) is 0 Å². The molecule has 0 aliphatic heterocycles. The SMILES string of the molecule is Cc1ccc(C(C)O)c(-c2ccoc2C#N)n1. The van der Waals surface area contributed by atoms with Gasteiger partial charge in [0.2, 0.25) is 5.76 Å². The van der Waals surface area contributed by atoms with Crippen molar-refractivity contribution in [3.8, 4) is 17.3 Å². The van der Waals surface area contributed by atoms with Gasteiger partial charge in [0, 0.05) is 11.3 Å². The molecule has 4 nitrogen and oxygen atoms in total. The smallest absolute Gasteiger partial charge is 0.212 e. The molecule has 2 rings (SSSR count). The Morgan fingerprint density at radius 2 is 2.18 bits per heavy atom. The number of hydrogen-bond acceptors (Lipinski definition) is 4. The van der Waals surface area contributed by atoms with E-state index in [0.29, 0.717) is 16.8 Å². The number of furan rings is 1. The van der Waals surface area contributed by atoms with Crippen LogP contribution in [0.3, 0.4) is 0 Å². The lowest BCUT2D eigenvalue weighted by atomic mass is 10.0. The number of pyridine rings is 1. The highest BCUT2D eigenvalue weighted by molar-refractivity contribution is 5.68. The van der Waals surface area contributed by atoms with E-state index in [1.165, 1.54) is 6.26 Å². The second kappa shape index (κ2) is 4.40. The van der Waals surface area contributed by atoms with Gasteiger partial charge in [0.15, 0.2) is 0 Å². The molecule has 0 spiro atoms. The van der Waals surface area contributed by atoms with Gasteiger partial charge >= 0.3 is 0 Å². The first-order chi connectivity index (χ1) is 8.13. The molecule has 17 heavy (non-hydrogen) atoms. The molecule has 0 fully saturated rings.